The Kier molecular flexibility index (Phi) is 8.34. The molecule has 120 valence electrons. The highest BCUT2D eigenvalue weighted by atomic mass is 127. The summed E-state index contributed by atoms with van der Waals surface area (Å²) in [6, 6.07) is 8.34. The average molecular weight is 495 g/mol. The average Bonchev–Trinajstić information content (AvgIpc) is 2.88. The Bertz CT molecular complexity index is 612. The monoisotopic (exact) mass is 494 g/mol. The van der Waals surface area contributed by atoms with Gasteiger partial charge in [-0.05, 0) is 24.6 Å². The lowest BCUT2D eigenvalue weighted by Gasteiger charge is -2.22. The molecule has 0 spiro atoms. The van der Waals surface area contributed by atoms with Crippen molar-refractivity contribution >= 4 is 57.2 Å². The van der Waals surface area contributed by atoms with Gasteiger partial charge in [-0.1, -0.05) is 28.1 Å². The van der Waals surface area contributed by atoms with Crippen molar-refractivity contribution in [2.75, 3.05) is 14.1 Å². The van der Waals surface area contributed by atoms with E-state index in [1.54, 1.807) is 18.4 Å². The van der Waals surface area contributed by atoms with Gasteiger partial charge in [-0.15, -0.1) is 35.3 Å². The van der Waals surface area contributed by atoms with E-state index in [1.807, 2.05) is 19.5 Å². The molecule has 0 fully saturated rings. The summed E-state index contributed by atoms with van der Waals surface area (Å²) in [5.41, 5.74) is 4.21. The second kappa shape index (κ2) is 9.46. The maximum Gasteiger partial charge on any atom is 0.193 e. The zero-order valence-electron chi connectivity index (χ0n) is 12.8. The number of benzene rings is 1. The van der Waals surface area contributed by atoms with Crippen molar-refractivity contribution in [2.45, 2.75) is 20.0 Å². The zero-order valence-corrected chi connectivity index (χ0v) is 17.6. The number of halogens is 2. The molecule has 0 aliphatic carbocycles. The van der Waals surface area contributed by atoms with Gasteiger partial charge in [-0.3, -0.25) is 4.99 Å². The van der Waals surface area contributed by atoms with E-state index in [4.69, 9.17) is 0 Å². The van der Waals surface area contributed by atoms with Crippen LogP contribution in [-0.2, 0) is 13.1 Å². The fourth-order valence-corrected chi connectivity index (χ4v) is 2.96. The van der Waals surface area contributed by atoms with Gasteiger partial charge >= 0.3 is 0 Å². The second-order valence-electron chi connectivity index (χ2n) is 4.74. The molecule has 22 heavy (non-hydrogen) atoms. The van der Waals surface area contributed by atoms with Gasteiger partial charge in [-0.2, -0.15) is 0 Å². The maximum atomic E-state index is 4.34. The van der Waals surface area contributed by atoms with Crippen molar-refractivity contribution < 1.29 is 0 Å². The van der Waals surface area contributed by atoms with Crippen molar-refractivity contribution in [1.29, 1.82) is 0 Å². The summed E-state index contributed by atoms with van der Waals surface area (Å²) in [4.78, 5) is 12.0. The number of hydrogen-bond donors (Lipinski definition) is 1. The highest BCUT2D eigenvalue weighted by molar-refractivity contribution is 14.0. The summed E-state index contributed by atoms with van der Waals surface area (Å²) >= 11 is 5.12. The molecule has 0 atom stereocenters. The second-order valence-corrected chi connectivity index (χ2v) is 6.60. The fraction of sp³-hybridized carbons (Fsp3) is 0.333. The normalized spacial score (nSPS) is 11.0. The molecule has 0 saturated heterocycles. The van der Waals surface area contributed by atoms with Crippen LogP contribution in [0.25, 0.3) is 0 Å². The van der Waals surface area contributed by atoms with Crippen LogP contribution in [-0.4, -0.2) is 29.9 Å². The standard InChI is InChI=1S/C15H19BrN4S.HI/c1-11-14(21-10-19-11)8-18-15(17-2)20(3)9-12-4-6-13(16)7-5-12;/h4-7,10H,8-9H2,1-3H3,(H,17,18);1H. The van der Waals surface area contributed by atoms with E-state index >= 15 is 0 Å². The minimum Gasteiger partial charge on any atom is -0.351 e. The van der Waals surface area contributed by atoms with Crippen LogP contribution in [0.15, 0.2) is 39.2 Å². The molecule has 2 rings (SSSR count). The van der Waals surface area contributed by atoms with Crippen molar-refractivity contribution in [3.05, 3.63) is 50.4 Å². The molecule has 0 radical (unpaired) electrons. The smallest absolute Gasteiger partial charge is 0.193 e. The van der Waals surface area contributed by atoms with Crippen LogP contribution in [0.4, 0.5) is 0 Å². The quantitative estimate of drug-likeness (QED) is 0.396. The lowest BCUT2D eigenvalue weighted by atomic mass is 10.2. The predicted octanol–water partition coefficient (Wildman–Crippen LogP) is 4.04. The molecule has 0 bridgehead atoms. The Morgan fingerprint density at radius 1 is 1.36 bits per heavy atom. The van der Waals surface area contributed by atoms with Gasteiger partial charge in [0, 0.05) is 30.0 Å². The first-order valence-electron chi connectivity index (χ1n) is 6.65. The minimum absolute atomic E-state index is 0. The summed E-state index contributed by atoms with van der Waals surface area (Å²) in [7, 11) is 3.84. The molecule has 1 N–H and O–H groups in total. The number of aryl methyl sites for hydroxylation is 1. The molecule has 7 heteroatoms. The van der Waals surface area contributed by atoms with E-state index in [0.717, 1.165) is 29.2 Å². The van der Waals surface area contributed by atoms with E-state index < -0.39 is 0 Å². The highest BCUT2D eigenvalue weighted by Crippen LogP contribution is 2.13. The Morgan fingerprint density at radius 2 is 2.05 bits per heavy atom. The van der Waals surface area contributed by atoms with Gasteiger partial charge in [0.15, 0.2) is 5.96 Å². The van der Waals surface area contributed by atoms with Crippen LogP contribution in [0.3, 0.4) is 0 Å². The minimum atomic E-state index is 0. The van der Waals surface area contributed by atoms with Crippen molar-refractivity contribution in [3.8, 4) is 0 Å². The van der Waals surface area contributed by atoms with Crippen LogP contribution in [0, 0.1) is 6.92 Å². The number of aromatic nitrogens is 1. The van der Waals surface area contributed by atoms with Crippen LogP contribution >= 0.6 is 51.2 Å². The molecule has 1 aromatic heterocycles. The third-order valence-electron chi connectivity index (χ3n) is 3.16. The molecule has 0 amide bonds. The summed E-state index contributed by atoms with van der Waals surface area (Å²) in [6.07, 6.45) is 0. The van der Waals surface area contributed by atoms with Gasteiger partial charge < -0.3 is 10.2 Å². The number of hydrogen-bond acceptors (Lipinski definition) is 3. The largest absolute Gasteiger partial charge is 0.351 e. The molecule has 0 aliphatic heterocycles. The summed E-state index contributed by atoms with van der Waals surface area (Å²) in [5.74, 6) is 0.880. The van der Waals surface area contributed by atoms with Gasteiger partial charge in [0.05, 0.1) is 17.7 Å². The third kappa shape index (κ3) is 5.51. The predicted molar refractivity (Wildman–Crippen MR) is 108 cm³/mol. The van der Waals surface area contributed by atoms with Crippen LogP contribution < -0.4 is 5.32 Å². The van der Waals surface area contributed by atoms with Crippen molar-refractivity contribution in [2.24, 2.45) is 4.99 Å². The molecule has 1 aromatic carbocycles. The lowest BCUT2D eigenvalue weighted by Crippen LogP contribution is -2.38. The first-order chi connectivity index (χ1) is 10.1. The summed E-state index contributed by atoms with van der Waals surface area (Å²) in [5, 5.41) is 3.38. The van der Waals surface area contributed by atoms with E-state index in [2.05, 4.69) is 60.4 Å². The summed E-state index contributed by atoms with van der Waals surface area (Å²) < 4.78 is 1.09. The molecule has 0 unspecified atom stereocenters. The van der Waals surface area contributed by atoms with Crippen LogP contribution in [0.5, 0.6) is 0 Å². The topological polar surface area (TPSA) is 40.5 Å². The lowest BCUT2D eigenvalue weighted by molar-refractivity contribution is 0.477. The summed E-state index contributed by atoms with van der Waals surface area (Å²) in [6.45, 7) is 3.60. The molecule has 1 heterocycles. The van der Waals surface area contributed by atoms with Gasteiger partial charge in [-0.25, -0.2) is 4.98 Å². The van der Waals surface area contributed by atoms with E-state index in [1.165, 1.54) is 10.4 Å². The number of guanidine groups is 1. The Labute approximate surface area is 161 Å². The highest BCUT2D eigenvalue weighted by Gasteiger charge is 2.08. The SMILES string of the molecule is CN=C(NCc1scnc1C)N(C)Cc1ccc(Br)cc1.I. The van der Waals surface area contributed by atoms with Crippen molar-refractivity contribution in [3.63, 3.8) is 0 Å². The van der Waals surface area contributed by atoms with Crippen LogP contribution in [0.1, 0.15) is 16.1 Å². The van der Waals surface area contributed by atoms with Gasteiger partial charge in [0.25, 0.3) is 0 Å². The van der Waals surface area contributed by atoms with Crippen LogP contribution in [0.2, 0.25) is 0 Å². The molecular formula is C15H20BrIN4S. The third-order valence-corrected chi connectivity index (χ3v) is 4.62. The number of nitrogens with one attached hydrogen (secondary N) is 1. The fourth-order valence-electron chi connectivity index (χ4n) is 1.98. The van der Waals surface area contributed by atoms with Gasteiger partial charge in [0.2, 0.25) is 0 Å². The van der Waals surface area contributed by atoms with E-state index in [9.17, 15) is 0 Å². The van der Waals surface area contributed by atoms with E-state index in [0.29, 0.717) is 0 Å². The first kappa shape index (κ1) is 19.4. The Morgan fingerprint density at radius 3 is 2.59 bits per heavy atom. The number of thiazole rings is 1. The van der Waals surface area contributed by atoms with Gasteiger partial charge in [0.1, 0.15) is 0 Å². The molecule has 4 nitrogen and oxygen atoms in total. The first-order valence-corrected chi connectivity index (χ1v) is 8.32. The Balaban J connectivity index is 0.00000242. The number of nitrogens with zero attached hydrogens (tertiary/aromatic N) is 3. The van der Waals surface area contributed by atoms with E-state index in [-0.39, 0.29) is 24.0 Å². The number of aliphatic imine (C=N–C) groups is 1. The Hall–Kier alpha value is -0.670. The molecule has 0 saturated carbocycles. The number of rotatable bonds is 4. The molecule has 2 aromatic rings. The molecular weight excluding hydrogens is 475 g/mol. The van der Waals surface area contributed by atoms with Crippen molar-refractivity contribution in [1.82, 2.24) is 15.2 Å². The zero-order chi connectivity index (χ0) is 15.2. The molecule has 0 aliphatic rings. The maximum absolute atomic E-state index is 4.34.